The molecule has 1 N–H and O–H groups in total. The molecule has 1 amide bonds. The molecule has 162 valence electrons. The zero-order chi connectivity index (χ0) is 21.8. The lowest BCUT2D eigenvalue weighted by Gasteiger charge is -2.39. The van der Waals surface area contributed by atoms with Crippen LogP contribution >= 0.6 is 0 Å². The fraction of sp³-hybridized carbons (Fsp3) is 0.348. The van der Waals surface area contributed by atoms with Gasteiger partial charge in [-0.25, -0.2) is 4.99 Å². The largest absolute Gasteiger partial charge is 0.497 e. The van der Waals surface area contributed by atoms with Gasteiger partial charge in [-0.15, -0.1) is 0 Å². The van der Waals surface area contributed by atoms with Crippen molar-refractivity contribution in [3.63, 3.8) is 0 Å². The van der Waals surface area contributed by atoms with E-state index < -0.39 is 17.9 Å². The number of piperazine rings is 1. The number of hydrogen-bond donors (Lipinski definition) is 1. The van der Waals surface area contributed by atoms with Crippen molar-refractivity contribution in [2.24, 2.45) is 10.9 Å². The highest BCUT2D eigenvalue weighted by Crippen LogP contribution is 2.31. The van der Waals surface area contributed by atoms with Gasteiger partial charge in [0.15, 0.2) is 5.92 Å². The van der Waals surface area contributed by atoms with E-state index >= 15 is 0 Å². The van der Waals surface area contributed by atoms with Gasteiger partial charge in [0.2, 0.25) is 11.9 Å². The maximum atomic E-state index is 12.8. The van der Waals surface area contributed by atoms with E-state index in [4.69, 9.17) is 14.5 Å². The first-order valence-corrected chi connectivity index (χ1v) is 10.3. The van der Waals surface area contributed by atoms with Gasteiger partial charge in [-0.1, -0.05) is 36.4 Å². The maximum Gasteiger partial charge on any atom is 0.320 e. The molecule has 2 aliphatic rings. The molecule has 0 spiro atoms. The van der Waals surface area contributed by atoms with E-state index in [0.717, 1.165) is 30.1 Å². The molecule has 0 aliphatic carbocycles. The number of ether oxygens (including phenoxy) is 2. The Balaban J connectivity index is 1.53. The first-order chi connectivity index (χ1) is 15.1. The zero-order valence-corrected chi connectivity index (χ0v) is 17.7. The van der Waals surface area contributed by atoms with Crippen LogP contribution in [0.25, 0.3) is 0 Å². The molecule has 0 aromatic heterocycles. The number of guanidine groups is 1. The van der Waals surface area contributed by atoms with Crippen molar-refractivity contribution in [3.8, 4) is 5.75 Å². The van der Waals surface area contributed by atoms with Crippen LogP contribution in [0.3, 0.4) is 0 Å². The Morgan fingerprint density at radius 1 is 1.00 bits per heavy atom. The minimum Gasteiger partial charge on any atom is -0.497 e. The third kappa shape index (κ3) is 4.33. The summed E-state index contributed by atoms with van der Waals surface area (Å²) in [6.07, 6.45) is 0. The number of carbonyl (C=O) groups is 2. The smallest absolute Gasteiger partial charge is 0.320 e. The van der Waals surface area contributed by atoms with Crippen LogP contribution in [0.4, 0.5) is 5.69 Å². The van der Waals surface area contributed by atoms with Crippen molar-refractivity contribution >= 4 is 23.5 Å². The number of nitrogens with zero attached hydrogens (tertiary/aromatic N) is 3. The molecule has 2 aliphatic heterocycles. The molecular weight excluding hydrogens is 396 g/mol. The topological polar surface area (TPSA) is 83.5 Å². The third-order valence-electron chi connectivity index (χ3n) is 5.69. The molecule has 4 rings (SSSR count). The molecule has 0 unspecified atom stereocenters. The van der Waals surface area contributed by atoms with E-state index in [9.17, 15) is 9.59 Å². The van der Waals surface area contributed by atoms with E-state index in [1.165, 1.54) is 7.11 Å². The summed E-state index contributed by atoms with van der Waals surface area (Å²) >= 11 is 0. The average molecular weight is 422 g/mol. The fourth-order valence-electron chi connectivity index (χ4n) is 3.99. The van der Waals surface area contributed by atoms with Crippen molar-refractivity contribution in [1.82, 2.24) is 10.2 Å². The molecular formula is C23H26N4O4. The number of methoxy groups -OCH3 is 2. The molecule has 0 bridgehead atoms. The lowest BCUT2D eigenvalue weighted by atomic mass is 9.91. The highest BCUT2D eigenvalue weighted by atomic mass is 16.5. The predicted molar refractivity (Wildman–Crippen MR) is 117 cm³/mol. The monoisotopic (exact) mass is 422 g/mol. The van der Waals surface area contributed by atoms with Crippen LogP contribution in [-0.4, -0.2) is 63.1 Å². The van der Waals surface area contributed by atoms with Gasteiger partial charge in [-0.3, -0.25) is 14.9 Å². The third-order valence-corrected chi connectivity index (χ3v) is 5.69. The molecule has 0 radical (unpaired) electrons. The standard InChI is InChI=1S/C23H26N4O4/c1-30-18-10-6-9-17(15-18)26-11-13-27(14-12-26)23-24-20(16-7-4-3-5-8-16)19(21(28)25-23)22(29)31-2/h3-10,15,19-20H,11-14H2,1-2H3,(H,24,25,28)/t19-,20+/m1/s1. The van der Waals surface area contributed by atoms with E-state index in [2.05, 4.69) is 21.2 Å². The number of nitrogens with one attached hydrogen (secondary N) is 1. The summed E-state index contributed by atoms with van der Waals surface area (Å²) in [6.45, 7) is 2.94. The number of esters is 1. The molecule has 1 fully saturated rings. The molecule has 8 nitrogen and oxygen atoms in total. The molecule has 2 aromatic rings. The second-order valence-electron chi connectivity index (χ2n) is 7.47. The van der Waals surface area contributed by atoms with Gasteiger partial charge in [0.05, 0.1) is 14.2 Å². The minimum absolute atomic E-state index is 0.388. The summed E-state index contributed by atoms with van der Waals surface area (Å²) in [7, 11) is 2.94. The highest BCUT2D eigenvalue weighted by molar-refractivity contribution is 6.08. The average Bonchev–Trinajstić information content (AvgIpc) is 2.83. The number of benzene rings is 2. The fourth-order valence-corrected chi connectivity index (χ4v) is 3.99. The first kappa shape index (κ1) is 20.7. The van der Waals surface area contributed by atoms with Crippen LogP contribution in [0.15, 0.2) is 59.6 Å². The molecule has 31 heavy (non-hydrogen) atoms. The number of amides is 1. The summed E-state index contributed by atoms with van der Waals surface area (Å²) in [6, 6.07) is 16.7. The lowest BCUT2D eigenvalue weighted by Crippen LogP contribution is -2.57. The van der Waals surface area contributed by atoms with Gasteiger partial charge in [-0.2, -0.15) is 0 Å². The predicted octanol–water partition coefficient (Wildman–Crippen LogP) is 1.83. The van der Waals surface area contributed by atoms with Crippen molar-refractivity contribution in [3.05, 3.63) is 60.2 Å². The van der Waals surface area contributed by atoms with Crippen LogP contribution in [0.2, 0.25) is 0 Å². The van der Waals surface area contributed by atoms with Gasteiger partial charge in [0, 0.05) is 37.9 Å². The van der Waals surface area contributed by atoms with E-state index in [1.807, 2.05) is 48.5 Å². The van der Waals surface area contributed by atoms with E-state index in [0.29, 0.717) is 19.0 Å². The van der Waals surface area contributed by atoms with Crippen molar-refractivity contribution in [2.45, 2.75) is 6.04 Å². The molecule has 2 atom stereocenters. The molecule has 1 saturated heterocycles. The summed E-state index contributed by atoms with van der Waals surface area (Å²) < 4.78 is 10.2. The highest BCUT2D eigenvalue weighted by Gasteiger charge is 2.41. The van der Waals surface area contributed by atoms with Crippen molar-refractivity contribution in [1.29, 1.82) is 0 Å². The van der Waals surface area contributed by atoms with Gasteiger partial charge in [0.1, 0.15) is 11.8 Å². The Kier molecular flexibility index (Phi) is 6.06. The Labute approximate surface area is 181 Å². The van der Waals surface area contributed by atoms with Crippen LogP contribution < -0.4 is 15.0 Å². The summed E-state index contributed by atoms with van der Waals surface area (Å²) in [5, 5.41) is 2.82. The molecule has 2 heterocycles. The van der Waals surface area contributed by atoms with E-state index in [-0.39, 0.29) is 5.91 Å². The van der Waals surface area contributed by atoms with Crippen molar-refractivity contribution in [2.75, 3.05) is 45.3 Å². The van der Waals surface area contributed by atoms with Gasteiger partial charge in [-0.05, 0) is 17.7 Å². The quantitative estimate of drug-likeness (QED) is 0.598. The number of rotatable bonds is 4. The maximum absolute atomic E-state index is 12.8. The van der Waals surface area contributed by atoms with Gasteiger partial charge < -0.3 is 19.3 Å². The summed E-state index contributed by atoms with van der Waals surface area (Å²) in [5.41, 5.74) is 1.90. The van der Waals surface area contributed by atoms with Crippen LogP contribution in [-0.2, 0) is 14.3 Å². The second kappa shape index (κ2) is 9.07. The number of anilines is 1. The second-order valence-corrected chi connectivity index (χ2v) is 7.47. The minimum atomic E-state index is -1.01. The Morgan fingerprint density at radius 2 is 1.71 bits per heavy atom. The van der Waals surface area contributed by atoms with Gasteiger partial charge in [0.25, 0.3) is 0 Å². The molecule has 2 aromatic carbocycles. The molecule has 0 saturated carbocycles. The SMILES string of the molecule is COC(=O)[C@H]1C(=O)NC(N2CCN(c3cccc(OC)c3)CC2)=N[C@H]1c1ccccc1. The zero-order valence-electron chi connectivity index (χ0n) is 17.7. The number of aliphatic imine (C=N–C) groups is 1. The van der Waals surface area contributed by atoms with Crippen LogP contribution in [0, 0.1) is 5.92 Å². The van der Waals surface area contributed by atoms with Crippen LogP contribution in [0.1, 0.15) is 11.6 Å². The van der Waals surface area contributed by atoms with Gasteiger partial charge >= 0.3 is 5.97 Å². The Morgan fingerprint density at radius 3 is 2.39 bits per heavy atom. The van der Waals surface area contributed by atoms with Crippen molar-refractivity contribution < 1.29 is 19.1 Å². The normalized spacial score (nSPS) is 21.2. The molecule has 8 heteroatoms. The van der Waals surface area contributed by atoms with Crippen LogP contribution in [0.5, 0.6) is 5.75 Å². The number of hydrogen-bond acceptors (Lipinski definition) is 7. The first-order valence-electron chi connectivity index (χ1n) is 10.3. The lowest BCUT2D eigenvalue weighted by molar-refractivity contribution is -0.151. The summed E-state index contributed by atoms with van der Waals surface area (Å²) in [4.78, 5) is 34.3. The van der Waals surface area contributed by atoms with E-state index in [1.54, 1.807) is 7.11 Å². The number of carbonyl (C=O) groups excluding carboxylic acids is 2. The Bertz CT molecular complexity index is 971. The summed E-state index contributed by atoms with van der Waals surface area (Å²) in [5.74, 6) is -0.653. The Hall–Kier alpha value is -3.55.